The van der Waals surface area contributed by atoms with E-state index >= 15 is 0 Å². The van der Waals surface area contributed by atoms with Gasteiger partial charge in [0.05, 0.1) is 11.6 Å². The summed E-state index contributed by atoms with van der Waals surface area (Å²) in [5.41, 5.74) is 1.24. The molecule has 18 heavy (non-hydrogen) atoms. The minimum Gasteiger partial charge on any atom is -0.496 e. The van der Waals surface area contributed by atoms with Crippen molar-refractivity contribution in [1.29, 1.82) is 0 Å². The predicted molar refractivity (Wildman–Crippen MR) is 79.8 cm³/mol. The van der Waals surface area contributed by atoms with Gasteiger partial charge in [0, 0.05) is 12.5 Å². The van der Waals surface area contributed by atoms with E-state index in [-0.39, 0.29) is 6.04 Å². The number of rotatable bonds is 6. The zero-order valence-corrected chi connectivity index (χ0v) is 12.8. The number of hydrogen-bond acceptors (Lipinski definition) is 2. The maximum absolute atomic E-state index is 5.25. The standard InChI is InChI=1S/C15H20BrNO/c1-4-6-7-14(17-10-5-2)12-8-9-15(18-3)13(16)11-12/h8-9,11,14,17H,5,7,10H2,1-3H3. The third-order valence-electron chi connectivity index (χ3n) is 2.70. The number of methoxy groups -OCH3 is 1. The largest absolute Gasteiger partial charge is 0.496 e. The van der Waals surface area contributed by atoms with Crippen molar-refractivity contribution in [3.8, 4) is 17.6 Å². The monoisotopic (exact) mass is 309 g/mol. The van der Waals surface area contributed by atoms with Crippen molar-refractivity contribution < 1.29 is 4.74 Å². The van der Waals surface area contributed by atoms with Crippen molar-refractivity contribution >= 4 is 15.9 Å². The third-order valence-corrected chi connectivity index (χ3v) is 3.32. The average Bonchev–Trinajstić information content (AvgIpc) is 2.39. The first kappa shape index (κ1) is 15.1. The van der Waals surface area contributed by atoms with Crippen molar-refractivity contribution in [2.45, 2.75) is 32.7 Å². The van der Waals surface area contributed by atoms with E-state index in [9.17, 15) is 0 Å². The van der Waals surface area contributed by atoms with Crippen LogP contribution in [0.1, 0.15) is 38.3 Å². The van der Waals surface area contributed by atoms with Gasteiger partial charge in [0.15, 0.2) is 0 Å². The average molecular weight is 310 g/mol. The Morgan fingerprint density at radius 2 is 2.22 bits per heavy atom. The van der Waals surface area contributed by atoms with Crippen LogP contribution in [-0.2, 0) is 0 Å². The molecule has 0 radical (unpaired) electrons. The molecule has 0 aliphatic carbocycles. The molecule has 1 aromatic carbocycles. The molecule has 0 heterocycles. The lowest BCUT2D eigenvalue weighted by molar-refractivity contribution is 0.411. The van der Waals surface area contributed by atoms with Gasteiger partial charge < -0.3 is 10.1 Å². The van der Waals surface area contributed by atoms with Crippen LogP contribution in [0.25, 0.3) is 0 Å². The smallest absolute Gasteiger partial charge is 0.133 e. The molecule has 0 spiro atoms. The van der Waals surface area contributed by atoms with Gasteiger partial charge in [-0.15, -0.1) is 11.8 Å². The minimum absolute atomic E-state index is 0.277. The van der Waals surface area contributed by atoms with Gasteiger partial charge in [-0.05, 0) is 53.5 Å². The Hall–Kier alpha value is -0.980. The molecule has 1 aromatic rings. The maximum Gasteiger partial charge on any atom is 0.133 e. The Kier molecular flexibility index (Phi) is 6.85. The fraction of sp³-hybridized carbons (Fsp3) is 0.467. The van der Waals surface area contributed by atoms with Gasteiger partial charge >= 0.3 is 0 Å². The van der Waals surface area contributed by atoms with E-state index in [4.69, 9.17) is 4.74 Å². The Morgan fingerprint density at radius 1 is 1.44 bits per heavy atom. The van der Waals surface area contributed by atoms with E-state index in [2.05, 4.69) is 52.1 Å². The molecule has 0 bridgehead atoms. The van der Waals surface area contributed by atoms with Crippen molar-refractivity contribution in [3.05, 3.63) is 28.2 Å². The van der Waals surface area contributed by atoms with Crippen LogP contribution in [0.5, 0.6) is 5.75 Å². The quantitative estimate of drug-likeness (QED) is 0.804. The summed E-state index contributed by atoms with van der Waals surface area (Å²) in [5.74, 6) is 6.96. The van der Waals surface area contributed by atoms with E-state index in [1.165, 1.54) is 5.56 Å². The van der Waals surface area contributed by atoms with Crippen LogP contribution < -0.4 is 10.1 Å². The highest BCUT2D eigenvalue weighted by Gasteiger charge is 2.11. The molecule has 0 aliphatic rings. The van der Waals surface area contributed by atoms with Crippen LogP contribution in [0.4, 0.5) is 0 Å². The zero-order valence-electron chi connectivity index (χ0n) is 11.2. The van der Waals surface area contributed by atoms with Crippen LogP contribution in [0, 0.1) is 11.8 Å². The second-order valence-electron chi connectivity index (χ2n) is 4.03. The lowest BCUT2D eigenvalue weighted by Gasteiger charge is -2.17. The van der Waals surface area contributed by atoms with Crippen molar-refractivity contribution in [1.82, 2.24) is 5.32 Å². The van der Waals surface area contributed by atoms with Crippen molar-refractivity contribution in [2.75, 3.05) is 13.7 Å². The maximum atomic E-state index is 5.25. The Bertz CT molecular complexity index is 434. The van der Waals surface area contributed by atoms with Crippen molar-refractivity contribution in [2.24, 2.45) is 0 Å². The summed E-state index contributed by atoms with van der Waals surface area (Å²) < 4.78 is 6.23. The first-order valence-corrected chi connectivity index (χ1v) is 6.98. The zero-order chi connectivity index (χ0) is 13.4. The highest BCUT2D eigenvalue weighted by atomic mass is 79.9. The number of ether oxygens (including phenoxy) is 1. The molecule has 0 aromatic heterocycles. The van der Waals surface area contributed by atoms with Gasteiger partial charge in [-0.3, -0.25) is 0 Å². The van der Waals surface area contributed by atoms with E-state index in [0.29, 0.717) is 0 Å². The van der Waals surface area contributed by atoms with E-state index in [1.807, 2.05) is 13.0 Å². The molecule has 98 valence electrons. The van der Waals surface area contributed by atoms with Gasteiger partial charge in [-0.2, -0.15) is 0 Å². The van der Waals surface area contributed by atoms with Crippen LogP contribution in [0.15, 0.2) is 22.7 Å². The fourth-order valence-corrected chi connectivity index (χ4v) is 2.29. The van der Waals surface area contributed by atoms with Gasteiger partial charge in [0.2, 0.25) is 0 Å². The molecule has 1 unspecified atom stereocenters. The number of nitrogens with one attached hydrogen (secondary N) is 1. The molecule has 1 atom stereocenters. The number of halogens is 1. The lowest BCUT2D eigenvalue weighted by atomic mass is 10.0. The second kappa shape index (κ2) is 8.18. The molecule has 2 nitrogen and oxygen atoms in total. The van der Waals surface area contributed by atoms with Crippen LogP contribution in [0.3, 0.4) is 0 Å². The molecule has 0 saturated carbocycles. The normalized spacial score (nSPS) is 11.6. The second-order valence-corrected chi connectivity index (χ2v) is 4.89. The van der Waals surface area contributed by atoms with Gasteiger partial charge in [0.25, 0.3) is 0 Å². The molecule has 1 N–H and O–H groups in total. The van der Waals surface area contributed by atoms with Crippen LogP contribution in [-0.4, -0.2) is 13.7 Å². The summed E-state index contributed by atoms with van der Waals surface area (Å²) in [6.07, 6.45) is 1.95. The number of hydrogen-bond donors (Lipinski definition) is 1. The van der Waals surface area contributed by atoms with E-state index < -0.39 is 0 Å². The summed E-state index contributed by atoms with van der Waals surface area (Å²) in [5, 5.41) is 3.52. The number of benzene rings is 1. The minimum atomic E-state index is 0.277. The summed E-state index contributed by atoms with van der Waals surface area (Å²) in [6, 6.07) is 6.46. The predicted octanol–water partition coefficient (Wildman–Crippen LogP) is 3.91. The van der Waals surface area contributed by atoms with Crippen LogP contribution >= 0.6 is 15.9 Å². The molecule has 0 aliphatic heterocycles. The summed E-state index contributed by atoms with van der Waals surface area (Å²) in [6.45, 7) is 5.04. The molecule has 3 heteroatoms. The van der Waals surface area contributed by atoms with Gasteiger partial charge in [-0.25, -0.2) is 0 Å². The topological polar surface area (TPSA) is 21.3 Å². The SMILES string of the molecule is CC#CCC(NCCC)c1ccc(OC)c(Br)c1. The van der Waals surface area contributed by atoms with Gasteiger partial charge in [0.1, 0.15) is 5.75 Å². The fourth-order valence-electron chi connectivity index (χ4n) is 1.73. The molecular formula is C15H20BrNO. The van der Waals surface area contributed by atoms with Crippen molar-refractivity contribution in [3.63, 3.8) is 0 Å². The highest BCUT2D eigenvalue weighted by molar-refractivity contribution is 9.10. The Balaban J connectivity index is 2.88. The first-order chi connectivity index (χ1) is 8.72. The summed E-state index contributed by atoms with van der Waals surface area (Å²) >= 11 is 3.52. The molecule has 0 amide bonds. The Labute approximate surface area is 118 Å². The highest BCUT2D eigenvalue weighted by Crippen LogP contribution is 2.29. The summed E-state index contributed by atoms with van der Waals surface area (Å²) in [4.78, 5) is 0. The van der Waals surface area contributed by atoms with Crippen LogP contribution in [0.2, 0.25) is 0 Å². The first-order valence-electron chi connectivity index (χ1n) is 6.19. The van der Waals surface area contributed by atoms with Gasteiger partial charge in [-0.1, -0.05) is 13.0 Å². The lowest BCUT2D eigenvalue weighted by Crippen LogP contribution is -2.21. The molecule has 1 rings (SSSR count). The van der Waals surface area contributed by atoms with E-state index in [1.54, 1.807) is 7.11 Å². The molecule has 0 saturated heterocycles. The Morgan fingerprint density at radius 3 is 2.78 bits per heavy atom. The summed E-state index contributed by atoms with van der Waals surface area (Å²) in [7, 11) is 1.68. The third kappa shape index (κ3) is 4.36. The molecule has 0 fully saturated rings. The van der Waals surface area contributed by atoms with E-state index in [0.717, 1.165) is 29.6 Å². The molecular weight excluding hydrogens is 290 g/mol.